The van der Waals surface area contributed by atoms with Crippen LogP contribution in [0.25, 0.3) is 0 Å². The highest BCUT2D eigenvalue weighted by Crippen LogP contribution is 2.29. The van der Waals surface area contributed by atoms with Crippen LogP contribution >= 0.6 is 0 Å². The lowest BCUT2D eigenvalue weighted by Gasteiger charge is -2.29. The normalized spacial score (nSPS) is 21.1. The summed E-state index contributed by atoms with van der Waals surface area (Å²) in [6, 6.07) is 5.42. The minimum atomic E-state index is -0.556. The number of imide groups is 1. The summed E-state index contributed by atoms with van der Waals surface area (Å²) in [6.07, 6.45) is 0.665. The Morgan fingerprint density at radius 3 is 2.73 bits per heavy atom. The Morgan fingerprint density at radius 1 is 1.27 bits per heavy atom. The van der Waals surface area contributed by atoms with Gasteiger partial charge in [0.25, 0.3) is 5.91 Å². The molecular weight excluding hydrogens is 282 g/mol. The van der Waals surface area contributed by atoms with Gasteiger partial charge < -0.3 is 10.2 Å². The van der Waals surface area contributed by atoms with Crippen molar-refractivity contribution in [2.75, 3.05) is 5.32 Å². The Kier molecular flexibility index (Phi) is 3.60. The van der Waals surface area contributed by atoms with Crippen molar-refractivity contribution in [1.82, 2.24) is 10.2 Å². The molecule has 1 atom stereocenters. The number of piperidine rings is 1. The van der Waals surface area contributed by atoms with Crippen LogP contribution in [0.15, 0.2) is 18.2 Å². The van der Waals surface area contributed by atoms with Crippen molar-refractivity contribution in [2.24, 2.45) is 0 Å². The molecule has 0 saturated carbocycles. The van der Waals surface area contributed by atoms with Gasteiger partial charge in [0.15, 0.2) is 0 Å². The van der Waals surface area contributed by atoms with Crippen LogP contribution in [0.5, 0.6) is 0 Å². The van der Waals surface area contributed by atoms with Gasteiger partial charge in [0.1, 0.15) is 6.04 Å². The summed E-state index contributed by atoms with van der Waals surface area (Å²) < 4.78 is 0. The molecule has 0 aromatic heterocycles. The quantitative estimate of drug-likeness (QED) is 0.824. The number of hydrogen-bond donors (Lipinski definition) is 2. The Bertz CT molecular complexity index is 654. The second-order valence-corrected chi connectivity index (χ2v) is 6.07. The molecule has 0 radical (unpaired) electrons. The van der Waals surface area contributed by atoms with Gasteiger partial charge in [0.2, 0.25) is 11.8 Å². The minimum absolute atomic E-state index is 0.142. The van der Waals surface area contributed by atoms with Crippen LogP contribution in [0, 0.1) is 0 Å². The Labute approximate surface area is 128 Å². The zero-order valence-electron chi connectivity index (χ0n) is 12.7. The molecule has 2 heterocycles. The molecule has 1 aromatic carbocycles. The summed E-state index contributed by atoms with van der Waals surface area (Å²) in [7, 11) is 0. The van der Waals surface area contributed by atoms with Crippen molar-refractivity contribution in [3.8, 4) is 0 Å². The molecule has 22 heavy (non-hydrogen) atoms. The monoisotopic (exact) mass is 301 g/mol. The molecule has 6 nitrogen and oxygen atoms in total. The first kappa shape index (κ1) is 14.6. The fourth-order valence-corrected chi connectivity index (χ4v) is 2.98. The van der Waals surface area contributed by atoms with E-state index < -0.39 is 6.04 Å². The fourth-order valence-electron chi connectivity index (χ4n) is 2.98. The lowest BCUT2D eigenvalue weighted by atomic mass is 10.0. The van der Waals surface area contributed by atoms with Crippen LogP contribution in [0.1, 0.15) is 42.6 Å². The maximum absolute atomic E-state index is 12.6. The van der Waals surface area contributed by atoms with Crippen LogP contribution in [0.2, 0.25) is 0 Å². The summed E-state index contributed by atoms with van der Waals surface area (Å²) >= 11 is 0. The molecule has 0 aliphatic carbocycles. The van der Waals surface area contributed by atoms with Crippen LogP contribution < -0.4 is 10.6 Å². The number of nitrogens with one attached hydrogen (secondary N) is 2. The second-order valence-electron chi connectivity index (χ2n) is 6.07. The van der Waals surface area contributed by atoms with Crippen LogP contribution in [0.3, 0.4) is 0 Å². The standard InChI is InChI=1S/C16H19N3O3/c1-9(2)17-11-4-3-10-8-19(16(22)12(10)7-11)13-5-6-14(20)18-15(13)21/h3-4,7,9,13,17H,5-6,8H2,1-2H3,(H,18,20,21). The zero-order chi connectivity index (χ0) is 15.9. The Balaban J connectivity index is 1.82. The highest BCUT2D eigenvalue weighted by molar-refractivity contribution is 6.05. The lowest BCUT2D eigenvalue weighted by Crippen LogP contribution is -2.52. The molecule has 1 saturated heterocycles. The molecule has 0 bridgehead atoms. The molecule has 1 fully saturated rings. The molecular formula is C16H19N3O3. The summed E-state index contributed by atoms with van der Waals surface area (Å²) in [5, 5.41) is 5.58. The largest absolute Gasteiger partial charge is 0.383 e. The number of carbonyl (C=O) groups excluding carboxylic acids is 3. The third kappa shape index (κ3) is 2.56. The van der Waals surface area contributed by atoms with E-state index in [1.165, 1.54) is 0 Å². The summed E-state index contributed by atoms with van der Waals surface area (Å²) in [4.78, 5) is 37.4. The fraction of sp³-hybridized carbons (Fsp3) is 0.438. The first-order valence-corrected chi connectivity index (χ1v) is 7.50. The van der Waals surface area contributed by atoms with Crippen LogP contribution in [-0.4, -0.2) is 34.7 Å². The van der Waals surface area contributed by atoms with E-state index >= 15 is 0 Å². The highest BCUT2D eigenvalue weighted by Gasteiger charge is 2.39. The number of rotatable bonds is 3. The van der Waals surface area contributed by atoms with Crippen LogP contribution in [-0.2, 0) is 16.1 Å². The van der Waals surface area contributed by atoms with E-state index in [9.17, 15) is 14.4 Å². The lowest BCUT2D eigenvalue weighted by molar-refractivity contribution is -0.136. The van der Waals surface area contributed by atoms with Gasteiger partial charge in [0, 0.05) is 30.3 Å². The molecule has 2 aliphatic heterocycles. The van der Waals surface area contributed by atoms with E-state index in [0.717, 1.165) is 11.3 Å². The predicted molar refractivity (Wildman–Crippen MR) is 81.2 cm³/mol. The molecule has 2 aliphatic rings. The third-order valence-electron chi connectivity index (χ3n) is 3.98. The second kappa shape index (κ2) is 5.44. The van der Waals surface area contributed by atoms with Gasteiger partial charge in [-0.25, -0.2) is 0 Å². The first-order chi connectivity index (χ1) is 10.5. The smallest absolute Gasteiger partial charge is 0.255 e. The van der Waals surface area contributed by atoms with Gasteiger partial charge in [-0.05, 0) is 38.0 Å². The molecule has 6 heteroatoms. The number of amides is 3. The van der Waals surface area contributed by atoms with Crippen molar-refractivity contribution in [3.63, 3.8) is 0 Å². The van der Waals surface area contributed by atoms with Crippen molar-refractivity contribution in [2.45, 2.75) is 45.3 Å². The number of fused-ring (bicyclic) bond motifs is 1. The van der Waals surface area contributed by atoms with Gasteiger partial charge in [-0.15, -0.1) is 0 Å². The van der Waals surface area contributed by atoms with Gasteiger partial charge >= 0.3 is 0 Å². The maximum Gasteiger partial charge on any atom is 0.255 e. The molecule has 116 valence electrons. The molecule has 3 amide bonds. The average molecular weight is 301 g/mol. The van der Waals surface area contributed by atoms with Crippen molar-refractivity contribution in [1.29, 1.82) is 0 Å². The predicted octanol–water partition coefficient (Wildman–Crippen LogP) is 1.27. The van der Waals surface area contributed by atoms with E-state index in [4.69, 9.17) is 0 Å². The highest BCUT2D eigenvalue weighted by atomic mass is 16.2. The van der Waals surface area contributed by atoms with E-state index in [0.29, 0.717) is 18.5 Å². The van der Waals surface area contributed by atoms with Crippen LogP contribution in [0.4, 0.5) is 5.69 Å². The third-order valence-corrected chi connectivity index (χ3v) is 3.98. The molecule has 3 rings (SSSR count). The van der Waals surface area contributed by atoms with Gasteiger partial charge in [0.05, 0.1) is 0 Å². The van der Waals surface area contributed by atoms with Crippen molar-refractivity contribution >= 4 is 23.4 Å². The first-order valence-electron chi connectivity index (χ1n) is 7.50. The Hall–Kier alpha value is -2.37. The number of anilines is 1. The molecule has 1 unspecified atom stereocenters. The maximum atomic E-state index is 12.6. The SMILES string of the molecule is CC(C)Nc1ccc2c(c1)C(=O)N(C1CCC(=O)NC1=O)C2. The molecule has 0 spiro atoms. The van der Waals surface area contributed by atoms with E-state index in [-0.39, 0.29) is 30.2 Å². The average Bonchev–Trinajstić information content (AvgIpc) is 2.75. The van der Waals surface area contributed by atoms with Gasteiger partial charge in [-0.3, -0.25) is 19.7 Å². The molecule has 2 N–H and O–H groups in total. The van der Waals surface area contributed by atoms with E-state index in [2.05, 4.69) is 10.6 Å². The zero-order valence-corrected chi connectivity index (χ0v) is 12.7. The minimum Gasteiger partial charge on any atom is -0.383 e. The van der Waals surface area contributed by atoms with Gasteiger partial charge in [-0.1, -0.05) is 6.07 Å². The number of benzene rings is 1. The van der Waals surface area contributed by atoms with E-state index in [1.807, 2.05) is 32.0 Å². The van der Waals surface area contributed by atoms with Crippen molar-refractivity contribution < 1.29 is 14.4 Å². The summed E-state index contributed by atoms with van der Waals surface area (Å²) in [6.45, 7) is 4.48. The molecule has 1 aromatic rings. The van der Waals surface area contributed by atoms with Crippen molar-refractivity contribution in [3.05, 3.63) is 29.3 Å². The summed E-state index contributed by atoms with van der Waals surface area (Å²) in [5.74, 6) is -0.788. The number of hydrogen-bond acceptors (Lipinski definition) is 4. The number of carbonyl (C=O) groups is 3. The topological polar surface area (TPSA) is 78.5 Å². The Morgan fingerprint density at radius 2 is 2.05 bits per heavy atom. The van der Waals surface area contributed by atoms with Gasteiger partial charge in [-0.2, -0.15) is 0 Å². The van der Waals surface area contributed by atoms with E-state index in [1.54, 1.807) is 4.90 Å². The summed E-state index contributed by atoms with van der Waals surface area (Å²) in [5.41, 5.74) is 2.45. The number of nitrogens with zero attached hydrogens (tertiary/aromatic N) is 1.